The number of nitrogens with zero attached hydrogens (tertiary/aromatic N) is 2. The van der Waals surface area contributed by atoms with Crippen molar-refractivity contribution in [2.45, 2.75) is 26.4 Å². The first-order valence-corrected chi connectivity index (χ1v) is 6.64. The number of methoxy groups -OCH3 is 1. The van der Waals surface area contributed by atoms with E-state index in [1.165, 1.54) is 12.1 Å². The van der Waals surface area contributed by atoms with Crippen molar-refractivity contribution in [3.05, 3.63) is 39.4 Å². The van der Waals surface area contributed by atoms with Crippen LogP contribution in [0.2, 0.25) is 0 Å². The summed E-state index contributed by atoms with van der Waals surface area (Å²) in [7, 11) is 1.60. The van der Waals surface area contributed by atoms with E-state index in [1.54, 1.807) is 13.2 Å². The summed E-state index contributed by atoms with van der Waals surface area (Å²) in [5.74, 6) is -1.28. The molecular formula is C14H20N2O5. The number of aromatic carboxylic acids is 1. The van der Waals surface area contributed by atoms with Gasteiger partial charge in [0.05, 0.1) is 11.5 Å². The number of hydrogen-bond donors (Lipinski definition) is 1. The van der Waals surface area contributed by atoms with Crippen molar-refractivity contribution in [1.82, 2.24) is 4.90 Å². The topological polar surface area (TPSA) is 92.9 Å². The van der Waals surface area contributed by atoms with Gasteiger partial charge in [-0.25, -0.2) is 4.79 Å². The molecule has 0 aromatic heterocycles. The molecule has 116 valence electrons. The van der Waals surface area contributed by atoms with Gasteiger partial charge in [0.1, 0.15) is 5.56 Å². The lowest BCUT2D eigenvalue weighted by molar-refractivity contribution is -0.385. The van der Waals surface area contributed by atoms with Gasteiger partial charge in [0.15, 0.2) is 0 Å². The molecule has 1 unspecified atom stereocenters. The van der Waals surface area contributed by atoms with Gasteiger partial charge in [0.2, 0.25) is 0 Å². The molecule has 0 fully saturated rings. The quantitative estimate of drug-likeness (QED) is 0.583. The summed E-state index contributed by atoms with van der Waals surface area (Å²) >= 11 is 0. The van der Waals surface area contributed by atoms with Crippen LogP contribution >= 0.6 is 0 Å². The number of ether oxygens (including phenoxy) is 1. The van der Waals surface area contributed by atoms with Crippen LogP contribution in [-0.2, 0) is 11.3 Å². The number of carboxylic acid groups (broad SMARTS) is 1. The summed E-state index contributed by atoms with van der Waals surface area (Å²) < 4.78 is 5.10. The van der Waals surface area contributed by atoms with E-state index in [2.05, 4.69) is 0 Å². The normalized spacial score (nSPS) is 12.4. The van der Waals surface area contributed by atoms with Crippen molar-refractivity contribution in [3.63, 3.8) is 0 Å². The largest absolute Gasteiger partial charge is 0.477 e. The first-order valence-electron chi connectivity index (χ1n) is 6.64. The summed E-state index contributed by atoms with van der Waals surface area (Å²) in [5, 5.41) is 20.3. The molecule has 0 aliphatic carbocycles. The second-order valence-corrected chi connectivity index (χ2v) is 4.74. The molecule has 0 bridgehead atoms. The Morgan fingerprint density at radius 3 is 2.67 bits per heavy atom. The second-order valence-electron chi connectivity index (χ2n) is 4.74. The summed E-state index contributed by atoms with van der Waals surface area (Å²) in [5.41, 5.74) is -0.192. The van der Waals surface area contributed by atoms with E-state index < -0.39 is 10.9 Å². The van der Waals surface area contributed by atoms with Gasteiger partial charge in [-0.2, -0.15) is 0 Å². The highest BCUT2D eigenvalue weighted by molar-refractivity contribution is 5.94. The van der Waals surface area contributed by atoms with E-state index in [9.17, 15) is 20.0 Å². The van der Waals surface area contributed by atoms with Gasteiger partial charge in [-0.15, -0.1) is 0 Å². The van der Waals surface area contributed by atoms with Crippen LogP contribution in [-0.4, -0.2) is 47.2 Å². The fraction of sp³-hybridized carbons (Fsp3) is 0.500. The number of nitro groups is 1. The third-order valence-electron chi connectivity index (χ3n) is 3.35. The van der Waals surface area contributed by atoms with Gasteiger partial charge in [0, 0.05) is 25.8 Å². The van der Waals surface area contributed by atoms with Crippen LogP contribution in [0.1, 0.15) is 29.8 Å². The smallest absolute Gasteiger partial charge is 0.343 e. The molecule has 7 heteroatoms. The Morgan fingerprint density at radius 1 is 1.52 bits per heavy atom. The number of benzene rings is 1. The van der Waals surface area contributed by atoms with Gasteiger partial charge in [0.25, 0.3) is 5.69 Å². The molecule has 0 saturated carbocycles. The molecule has 1 N–H and O–H groups in total. The minimum absolute atomic E-state index is 0.0842. The molecule has 1 aromatic carbocycles. The number of hydrogen-bond acceptors (Lipinski definition) is 5. The fourth-order valence-corrected chi connectivity index (χ4v) is 2.26. The van der Waals surface area contributed by atoms with Crippen molar-refractivity contribution in [3.8, 4) is 0 Å². The molecule has 0 saturated heterocycles. The SMILES string of the molecule is CCN(Cc1cccc([N+](=O)[O-])c1C(=O)O)C(C)COC. The molecule has 0 aliphatic rings. The Morgan fingerprint density at radius 2 is 2.19 bits per heavy atom. The lowest BCUT2D eigenvalue weighted by Crippen LogP contribution is -2.36. The van der Waals surface area contributed by atoms with E-state index in [-0.39, 0.29) is 17.3 Å². The van der Waals surface area contributed by atoms with Crippen LogP contribution < -0.4 is 0 Å². The van der Waals surface area contributed by atoms with Crippen LogP contribution in [0.15, 0.2) is 18.2 Å². The fourth-order valence-electron chi connectivity index (χ4n) is 2.26. The summed E-state index contributed by atoms with van der Waals surface area (Å²) in [6.45, 7) is 5.43. The molecule has 7 nitrogen and oxygen atoms in total. The van der Waals surface area contributed by atoms with Crippen LogP contribution in [0.5, 0.6) is 0 Å². The molecule has 1 atom stereocenters. The lowest BCUT2D eigenvalue weighted by atomic mass is 10.0. The third-order valence-corrected chi connectivity index (χ3v) is 3.35. The summed E-state index contributed by atoms with van der Waals surface area (Å²) in [6.07, 6.45) is 0. The van der Waals surface area contributed by atoms with Crippen molar-refractivity contribution in [2.24, 2.45) is 0 Å². The van der Waals surface area contributed by atoms with Gasteiger partial charge in [-0.1, -0.05) is 19.1 Å². The predicted octanol–water partition coefficient (Wildman–Crippen LogP) is 2.15. The van der Waals surface area contributed by atoms with Gasteiger partial charge in [-0.05, 0) is 19.0 Å². The number of likely N-dealkylation sites (N-methyl/N-ethyl adjacent to an activating group) is 1. The number of carbonyl (C=O) groups is 1. The van der Waals surface area contributed by atoms with E-state index in [4.69, 9.17) is 4.74 Å². The van der Waals surface area contributed by atoms with Crippen molar-refractivity contribution < 1.29 is 19.6 Å². The van der Waals surface area contributed by atoms with Crippen LogP contribution in [0.4, 0.5) is 5.69 Å². The maximum Gasteiger partial charge on any atom is 0.343 e. The zero-order valence-corrected chi connectivity index (χ0v) is 12.4. The Kier molecular flexibility index (Phi) is 6.26. The van der Waals surface area contributed by atoms with Gasteiger partial charge >= 0.3 is 5.97 Å². The highest BCUT2D eigenvalue weighted by atomic mass is 16.6. The van der Waals surface area contributed by atoms with E-state index in [0.717, 1.165) is 0 Å². The van der Waals surface area contributed by atoms with Crippen LogP contribution in [0.25, 0.3) is 0 Å². The zero-order chi connectivity index (χ0) is 16.0. The molecule has 0 aliphatic heterocycles. The Labute approximate surface area is 123 Å². The highest BCUT2D eigenvalue weighted by Gasteiger charge is 2.25. The van der Waals surface area contributed by atoms with Crippen molar-refractivity contribution >= 4 is 11.7 Å². The Balaban J connectivity index is 3.15. The van der Waals surface area contributed by atoms with E-state index >= 15 is 0 Å². The average molecular weight is 296 g/mol. The van der Waals surface area contributed by atoms with E-state index in [1.807, 2.05) is 18.7 Å². The number of rotatable bonds is 8. The molecule has 0 amide bonds. The molecular weight excluding hydrogens is 276 g/mol. The molecule has 1 rings (SSSR count). The van der Waals surface area contributed by atoms with Crippen LogP contribution in [0.3, 0.4) is 0 Å². The number of nitro benzene ring substituents is 1. The van der Waals surface area contributed by atoms with Gasteiger partial charge in [-0.3, -0.25) is 15.0 Å². The lowest BCUT2D eigenvalue weighted by Gasteiger charge is -2.27. The maximum atomic E-state index is 11.4. The number of carboxylic acids is 1. The summed E-state index contributed by atoms with van der Waals surface area (Å²) in [6, 6.07) is 4.41. The third kappa shape index (κ3) is 4.24. The summed E-state index contributed by atoms with van der Waals surface area (Å²) in [4.78, 5) is 23.7. The standard InChI is InChI=1S/C14H20N2O5/c1-4-15(10(2)9-21-3)8-11-6-5-7-12(16(19)20)13(11)14(17)18/h5-7,10H,4,8-9H2,1-3H3,(H,17,18). The Hall–Kier alpha value is -1.99. The first kappa shape index (κ1) is 17.1. The average Bonchev–Trinajstić information content (AvgIpc) is 2.44. The molecule has 0 radical (unpaired) electrons. The van der Waals surface area contributed by atoms with Crippen molar-refractivity contribution in [2.75, 3.05) is 20.3 Å². The Bertz CT molecular complexity index is 518. The zero-order valence-electron chi connectivity index (χ0n) is 12.4. The van der Waals surface area contributed by atoms with Crippen molar-refractivity contribution in [1.29, 1.82) is 0 Å². The van der Waals surface area contributed by atoms with Crippen LogP contribution in [0, 0.1) is 10.1 Å². The first-order chi connectivity index (χ1) is 9.92. The molecule has 1 aromatic rings. The molecule has 0 spiro atoms. The minimum Gasteiger partial charge on any atom is -0.477 e. The van der Waals surface area contributed by atoms with E-state index in [0.29, 0.717) is 25.3 Å². The highest BCUT2D eigenvalue weighted by Crippen LogP contribution is 2.24. The minimum atomic E-state index is -1.28. The monoisotopic (exact) mass is 296 g/mol. The second kappa shape index (κ2) is 7.70. The molecule has 21 heavy (non-hydrogen) atoms. The molecule has 0 heterocycles. The predicted molar refractivity (Wildman–Crippen MR) is 77.5 cm³/mol. The van der Waals surface area contributed by atoms with Gasteiger partial charge < -0.3 is 9.84 Å². The maximum absolute atomic E-state index is 11.4.